The minimum absolute atomic E-state index is 0.433. The van der Waals surface area contributed by atoms with Crippen LogP contribution in [0.3, 0.4) is 0 Å². The first-order valence-corrected chi connectivity index (χ1v) is 5.00. The Labute approximate surface area is 84.4 Å². The van der Waals surface area contributed by atoms with Gasteiger partial charge in [-0.3, -0.25) is 0 Å². The Hall–Kier alpha value is -1.32. The van der Waals surface area contributed by atoms with E-state index in [9.17, 15) is 0 Å². The van der Waals surface area contributed by atoms with Crippen LogP contribution in [0.2, 0.25) is 0 Å². The van der Waals surface area contributed by atoms with E-state index in [1.54, 1.807) is 0 Å². The first-order valence-electron chi connectivity index (χ1n) is 5.00. The van der Waals surface area contributed by atoms with Crippen LogP contribution in [0, 0.1) is 0 Å². The third kappa shape index (κ3) is 1.52. The molecule has 0 bridgehead atoms. The lowest BCUT2D eigenvalue weighted by Crippen LogP contribution is -2.32. The van der Waals surface area contributed by atoms with Gasteiger partial charge in [-0.25, -0.2) is 9.97 Å². The molecule has 76 valence electrons. The minimum atomic E-state index is 0.433. The van der Waals surface area contributed by atoms with Gasteiger partial charge in [0.25, 0.3) is 0 Å². The van der Waals surface area contributed by atoms with Crippen molar-refractivity contribution in [2.75, 3.05) is 30.4 Å². The van der Waals surface area contributed by atoms with Crippen molar-refractivity contribution in [1.29, 1.82) is 0 Å². The lowest BCUT2D eigenvalue weighted by atomic mass is 10.1. The smallest absolute Gasteiger partial charge is 0.171 e. The van der Waals surface area contributed by atoms with E-state index < -0.39 is 0 Å². The second-order valence-electron chi connectivity index (χ2n) is 3.97. The molecule has 0 radical (unpaired) electrons. The van der Waals surface area contributed by atoms with Gasteiger partial charge in [-0.1, -0.05) is 13.8 Å². The molecule has 0 spiro atoms. The molecule has 0 aliphatic carbocycles. The summed E-state index contributed by atoms with van der Waals surface area (Å²) in [5.41, 5.74) is 1.05. The maximum Gasteiger partial charge on any atom is 0.171 e. The molecule has 0 unspecified atom stereocenters. The molecular weight excluding hydrogens is 176 g/mol. The molecule has 1 aliphatic rings. The lowest BCUT2D eigenvalue weighted by Gasteiger charge is -2.26. The Bertz CT molecular complexity index is 335. The third-order valence-electron chi connectivity index (χ3n) is 2.47. The molecule has 14 heavy (non-hydrogen) atoms. The Morgan fingerprint density at radius 2 is 2.29 bits per heavy atom. The SMILES string of the molecule is CC(C)c1cnc2c(n1)N(C)CCN2. The number of rotatable bonds is 1. The quantitative estimate of drug-likeness (QED) is 0.731. The largest absolute Gasteiger partial charge is 0.365 e. The third-order valence-corrected chi connectivity index (χ3v) is 2.47. The fraction of sp³-hybridized carbons (Fsp3) is 0.600. The summed E-state index contributed by atoms with van der Waals surface area (Å²) >= 11 is 0. The normalized spacial score (nSPS) is 15.3. The Kier molecular flexibility index (Phi) is 2.27. The van der Waals surface area contributed by atoms with Gasteiger partial charge >= 0.3 is 0 Å². The van der Waals surface area contributed by atoms with E-state index in [-0.39, 0.29) is 0 Å². The van der Waals surface area contributed by atoms with Crippen molar-refractivity contribution in [2.24, 2.45) is 0 Å². The monoisotopic (exact) mass is 192 g/mol. The number of aromatic nitrogens is 2. The first-order chi connectivity index (χ1) is 6.68. The van der Waals surface area contributed by atoms with Gasteiger partial charge in [0.1, 0.15) is 0 Å². The van der Waals surface area contributed by atoms with Gasteiger partial charge in [-0.05, 0) is 5.92 Å². The molecule has 1 aromatic heterocycles. The van der Waals surface area contributed by atoms with E-state index in [2.05, 4.69) is 41.1 Å². The number of anilines is 2. The predicted octanol–water partition coefficient (Wildman–Crippen LogP) is 1.46. The first kappa shape index (κ1) is 9.24. The highest BCUT2D eigenvalue weighted by Gasteiger charge is 2.16. The Morgan fingerprint density at radius 3 is 3.00 bits per heavy atom. The van der Waals surface area contributed by atoms with Crippen molar-refractivity contribution in [3.8, 4) is 0 Å². The number of fused-ring (bicyclic) bond motifs is 1. The second-order valence-corrected chi connectivity index (χ2v) is 3.97. The zero-order valence-corrected chi connectivity index (χ0v) is 8.91. The van der Waals surface area contributed by atoms with Crippen molar-refractivity contribution in [2.45, 2.75) is 19.8 Å². The van der Waals surface area contributed by atoms with Crippen molar-refractivity contribution in [3.05, 3.63) is 11.9 Å². The molecule has 1 aromatic rings. The van der Waals surface area contributed by atoms with E-state index in [0.717, 1.165) is 30.4 Å². The highest BCUT2D eigenvalue weighted by atomic mass is 15.2. The summed E-state index contributed by atoms with van der Waals surface area (Å²) in [6.07, 6.45) is 1.86. The molecule has 4 heteroatoms. The van der Waals surface area contributed by atoms with Crippen LogP contribution in [0.4, 0.5) is 11.6 Å². The van der Waals surface area contributed by atoms with E-state index in [0.29, 0.717) is 5.92 Å². The van der Waals surface area contributed by atoms with Crippen LogP contribution >= 0.6 is 0 Å². The predicted molar refractivity (Wildman–Crippen MR) is 57.9 cm³/mol. The molecule has 1 N–H and O–H groups in total. The average Bonchev–Trinajstić information content (AvgIpc) is 2.18. The summed E-state index contributed by atoms with van der Waals surface area (Å²) < 4.78 is 0. The van der Waals surface area contributed by atoms with Crippen LogP contribution in [-0.4, -0.2) is 30.1 Å². The van der Waals surface area contributed by atoms with Gasteiger partial charge in [0, 0.05) is 20.1 Å². The van der Waals surface area contributed by atoms with Gasteiger partial charge in [0.15, 0.2) is 11.6 Å². The molecule has 0 saturated carbocycles. The summed E-state index contributed by atoms with van der Waals surface area (Å²) in [6.45, 7) is 6.20. The molecule has 1 aliphatic heterocycles. The van der Waals surface area contributed by atoms with Gasteiger partial charge in [0.05, 0.1) is 11.9 Å². The van der Waals surface area contributed by atoms with Crippen LogP contribution in [-0.2, 0) is 0 Å². The maximum absolute atomic E-state index is 4.59. The zero-order chi connectivity index (χ0) is 10.1. The fourth-order valence-corrected chi connectivity index (χ4v) is 1.51. The molecule has 0 atom stereocenters. The molecular formula is C10H16N4. The van der Waals surface area contributed by atoms with Gasteiger partial charge in [-0.2, -0.15) is 0 Å². The summed E-state index contributed by atoms with van der Waals surface area (Å²) in [7, 11) is 2.05. The maximum atomic E-state index is 4.59. The van der Waals surface area contributed by atoms with E-state index in [4.69, 9.17) is 0 Å². The fourth-order valence-electron chi connectivity index (χ4n) is 1.51. The second kappa shape index (κ2) is 3.44. The molecule has 4 nitrogen and oxygen atoms in total. The summed E-state index contributed by atoms with van der Waals surface area (Å²) in [4.78, 5) is 11.1. The van der Waals surface area contributed by atoms with Gasteiger partial charge in [0.2, 0.25) is 0 Å². The van der Waals surface area contributed by atoms with Crippen LogP contribution in [0.1, 0.15) is 25.5 Å². The molecule has 0 aromatic carbocycles. The summed E-state index contributed by atoms with van der Waals surface area (Å²) in [5, 5.41) is 3.24. The van der Waals surface area contributed by atoms with Crippen LogP contribution < -0.4 is 10.2 Å². The molecule has 0 amide bonds. The van der Waals surface area contributed by atoms with E-state index >= 15 is 0 Å². The number of nitrogens with zero attached hydrogens (tertiary/aromatic N) is 3. The number of hydrogen-bond donors (Lipinski definition) is 1. The molecule has 2 rings (SSSR count). The highest BCUT2D eigenvalue weighted by Crippen LogP contribution is 2.24. The average molecular weight is 192 g/mol. The van der Waals surface area contributed by atoms with Gasteiger partial charge in [-0.15, -0.1) is 0 Å². The van der Waals surface area contributed by atoms with Crippen LogP contribution in [0.5, 0.6) is 0 Å². The van der Waals surface area contributed by atoms with Gasteiger partial charge < -0.3 is 10.2 Å². The topological polar surface area (TPSA) is 41.1 Å². The Balaban J connectivity index is 2.41. The van der Waals surface area contributed by atoms with Crippen LogP contribution in [0.25, 0.3) is 0 Å². The van der Waals surface area contributed by atoms with E-state index in [1.807, 2.05) is 6.20 Å². The van der Waals surface area contributed by atoms with Crippen molar-refractivity contribution >= 4 is 11.6 Å². The van der Waals surface area contributed by atoms with Crippen molar-refractivity contribution in [3.63, 3.8) is 0 Å². The number of likely N-dealkylation sites (N-methyl/N-ethyl adjacent to an activating group) is 1. The van der Waals surface area contributed by atoms with Crippen LogP contribution in [0.15, 0.2) is 6.20 Å². The van der Waals surface area contributed by atoms with E-state index in [1.165, 1.54) is 0 Å². The lowest BCUT2D eigenvalue weighted by molar-refractivity contribution is 0.782. The number of nitrogens with one attached hydrogen (secondary N) is 1. The summed E-state index contributed by atoms with van der Waals surface area (Å²) in [5.74, 6) is 2.31. The molecule has 0 saturated heterocycles. The number of hydrogen-bond acceptors (Lipinski definition) is 4. The van der Waals surface area contributed by atoms with Crippen molar-refractivity contribution in [1.82, 2.24) is 9.97 Å². The summed E-state index contributed by atoms with van der Waals surface area (Å²) in [6, 6.07) is 0. The molecule has 2 heterocycles. The minimum Gasteiger partial charge on any atom is -0.365 e. The molecule has 0 fully saturated rings. The van der Waals surface area contributed by atoms with Crippen molar-refractivity contribution < 1.29 is 0 Å². The zero-order valence-electron chi connectivity index (χ0n) is 8.91. The Morgan fingerprint density at radius 1 is 1.50 bits per heavy atom. The highest BCUT2D eigenvalue weighted by molar-refractivity contribution is 5.62. The standard InChI is InChI=1S/C10H16N4/c1-7(2)8-6-12-9-10(13-8)14(3)5-4-11-9/h6-7H,4-5H2,1-3H3,(H,11,12).